The number of hydrogen-bond donors (Lipinski definition) is 0. The second-order valence-electron chi connectivity index (χ2n) is 5.35. The lowest BCUT2D eigenvalue weighted by molar-refractivity contribution is 0.758. The maximum Gasteiger partial charge on any atom is 0.157 e. The zero-order chi connectivity index (χ0) is 15.5. The molecule has 0 saturated carbocycles. The van der Waals surface area contributed by atoms with Crippen molar-refractivity contribution in [2.75, 3.05) is 0 Å². The van der Waals surface area contributed by atoms with Gasteiger partial charge >= 0.3 is 0 Å². The normalized spacial score (nSPS) is 10.8. The molecule has 112 valence electrons. The van der Waals surface area contributed by atoms with Crippen LogP contribution in [0.1, 0.15) is 11.3 Å². The summed E-state index contributed by atoms with van der Waals surface area (Å²) in [6.07, 6.45) is 4.51. The van der Waals surface area contributed by atoms with Crippen molar-refractivity contribution < 1.29 is 0 Å². The van der Waals surface area contributed by atoms with Crippen LogP contribution in [-0.2, 0) is 6.42 Å². The van der Waals surface area contributed by atoms with E-state index >= 15 is 0 Å². The van der Waals surface area contributed by atoms with Crippen LogP contribution in [0.5, 0.6) is 0 Å². The Labute approximate surface area is 134 Å². The molecule has 0 spiro atoms. The van der Waals surface area contributed by atoms with Gasteiger partial charge in [-0.1, -0.05) is 48.5 Å². The molecule has 4 rings (SSSR count). The molecule has 4 heteroatoms. The molecule has 0 aliphatic rings. The van der Waals surface area contributed by atoms with E-state index in [1.807, 2.05) is 58.0 Å². The Morgan fingerprint density at radius 3 is 2.26 bits per heavy atom. The van der Waals surface area contributed by atoms with Crippen molar-refractivity contribution >= 4 is 0 Å². The van der Waals surface area contributed by atoms with Crippen molar-refractivity contribution in [3.8, 4) is 11.5 Å². The Kier molecular flexibility index (Phi) is 3.48. The third-order valence-electron chi connectivity index (χ3n) is 3.71. The van der Waals surface area contributed by atoms with Crippen molar-refractivity contribution in [3.63, 3.8) is 0 Å². The summed E-state index contributed by atoms with van der Waals surface area (Å²) in [6.45, 7) is 0. The van der Waals surface area contributed by atoms with Gasteiger partial charge < -0.3 is 0 Å². The first-order valence-corrected chi connectivity index (χ1v) is 7.58. The minimum atomic E-state index is 0.801. The number of hydrogen-bond acceptors (Lipinski definition) is 2. The van der Waals surface area contributed by atoms with Gasteiger partial charge in [0.25, 0.3) is 0 Å². The van der Waals surface area contributed by atoms with Crippen LogP contribution in [0.4, 0.5) is 0 Å². The minimum absolute atomic E-state index is 0.801. The summed E-state index contributed by atoms with van der Waals surface area (Å²) in [6, 6.07) is 24.5. The number of benzene rings is 2. The quantitative estimate of drug-likeness (QED) is 0.577. The van der Waals surface area contributed by atoms with Gasteiger partial charge in [-0.15, -0.1) is 0 Å². The Morgan fingerprint density at radius 2 is 1.57 bits per heavy atom. The van der Waals surface area contributed by atoms with Gasteiger partial charge in [-0.2, -0.15) is 10.2 Å². The molecule has 0 aliphatic carbocycles. The van der Waals surface area contributed by atoms with Crippen LogP contribution in [0.15, 0.2) is 85.2 Å². The Balaban J connectivity index is 1.78. The third-order valence-corrected chi connectivity index (χ3v) is 3.71. The topological polar surface area (TPSA) is 35.6 Å². The smallest absolute Gasteiger partial charge is 0.157 e. The van der Waals surface area contributed by atoms with E-state index in [-0.39, 0.29) is 0 Å². The molecule has 0 atom stereocenters. The summed E-state index contributed by atoms with van der Waals surface area (Å²) < 4.78 is 3.78. The summed E-state index contributed by atoms with van der Waals surface area (Å²) in [5.41, 5.74) is 3.29. The van der Waals surface area contributed by atoms with Crippen molar-refractivity contribution in [3.05, 3.63) is 96.4 Å². The maximum absolute atomic E-state index is 4.79. The van der Waals surface area contributed by atoms with E-state index in [2.05, 4.69) is 35.4 Å². The Hall–Kier alpha value is -3.14. The van der Waals surface area contributed by atoms with Crippen LogP contribution in [0.2, 0.25) is 0 Å². The van der Waals surface area contributed by atoms with Crippen molar-refractivity contribution in [2.45, 2.75) is 6.42 Å². The lowest BCUT2D eigenvalue weighted by Crippen LogP contribution is -2.05. The van der Waals surface area contributed by atoms with Crippen LogP contribution < -0.4 is 0 Å². The SMILES string of the molecule is c1ccc(Cc2cc(-n3cccn3)n(-c3ccccc3)n2)cc1. The molecule has 0 radical (unpaired) electrons. The lowest BCUT2D eigenvalue weighted by atomic mass is 10.1. The number of rotatable bonds is 4. The summed E-state index contributed by atoms with van der Waals surface area (Å²) in [4.78, 5) is 0. The van der Waals surface area contributed by atoms with Gasteiger partial charge in [0.05, 0.1) is 11.4 Å². The molecule has 4 aromatic rings. The van der Waals surface area contributed by atoms with Gasteiger partial charge in [0.1, 0.15) is 0 Å². The zero-order valence-electron chi connectivity index (χ0n) is 12.6. The summed E-state index contributed by atoms with van der Waals surface area (Å²) in [5, 5.41) is 9.14. The molecular formula is C19H16N4. The molecule has 2 aromatic carbocycles. The fraction of sp³-hybridized carbons (Fsp3) is 0.0526. The monoisotopic (exact) mass is 300 g/mol. The predicted octanol–water partition coefficient (Wildman–Crippen LogP) is 3.65. The van der Waals surface area contributed by atoms with Gasteiger partial charge in [-0.3, -0.25) is 0 Å². The van der Waals surface area contributed by atoms with Crippen LogP contribution in [0.3, 0.4) is 0 Å². The van der Waals surface area contributed by atoms with Gasteiger partial charge in [0.2, 0.25) is 0 Å². The largest absolute Gasteiger partial charge is 0.223 e. The van der Waals surface area contributed by atoms with Crippen molar-refractivity contribution in [1.82, 2.24) is 19.6 Å². The van der Waals surface area contributed by atoms with Crippen LogP contribution in [-0.4, -0.2) is 19.6 Å². The minimum Gasteiger partial charge on any atom is -0.223 e. The summed E-state index contributed by atoms with van der Waals surface area (Å²) in [7, 11) is 0. The molecule has 2 heterocycles. The zero-order valence-corrected chi connectivity index (χ0v) is 12.6. The second kappa shape index (κ2) is 5.93. The number of nitrogens with zero attached hydrogens (tertiary/aromatic N) is 4. The van der Waals surface area contributed by atoms with Gasteiger partial charge in [0.15, 0.2) is 5.82 Å². The predicted molar refractivity (Wildman–Crippen MR) is 89.9 cm³/mol. The van der Waals surface area contributed by atoms with E-state index < -0.39 is 0 Å². The Morgan fingerprint density at radius 1 is 0.826 bits per heavy atom. The van der Waals surface area contributed by atoms with E-state index in [0.29, 0.717) is 0 Å². The maximum atomic E-state index is 4.79. The average molecular weight is 300 g/mol. The van der Waals surface area contributed by atoms with Crippen LogP contribution >= 0.6 is 0 Å². The molecule has 0 aliphatic heterocycles. The fourth-order valence-corrected chi connectivity index (χ4v) is 2.64. The standard InChI is InChI=1S/C19H16N4/c1-3-8-16(9-4-1)14-17-15-19(22-13-7-12-20-22)23(21-17)18-10-5-2-6-11-18/h1-13,15H,14H2. The van der Waals surface area contributed by atoms with E-state index in [1.165, 1.54) is 5.56 Å². The van der Waals surface area contributed by atoms with E-state index in [0.717, 1.165) is 23.6 Å². The molecule has 2 aromatic heterocycles. The first kappa shape index (κ1) is 13.5. The molecule has 4 nitrogen and oxygen atoms in total. The molecular weight excluding hydrogens is 284 g/mol. The molecule has 0 saturated heterocycles. The fourth-order valence-electron chi connectivity index (χ4n) is 2.64. The summed E-state index contributed by atoms with van der Waals surface area (Å²) >= 11 is 0. The highest BCUT2D eigenvalue weighted by Crippen LogP contribution is 2.18. The highest BCUT2D eigenvalue weighted by molar-refractivity contribution is 5.40. The third kappa shape index (κ3) is 2.79. The van der Waals surface area contributed by atoms with E-state index in [4.69, 9.17) is 5.10 Å². The van der Waals surface area contributed by atoms with Crippen LogP contribution in [0, 0.1) is 0 Å². The van der Waals surface area contributed by atoms with E-state index in [1.54, 1.807) is 6.20 Å². The van der Waals surface area contributed by atoms with Crippen molar-refractivity contribution in [1.29, 1.82) is 0 Å². The number of para-hydroxylation sites is 1. The molecule has 23 heavy (non-hydrogen) atoms. The molecule has 0 amide bonds. The second-order valence-corrected chi connectivity index (χ2v) is 5.35. The first-order valence-electron chi connectivity index (χ1n) is 7.58. The van der Waals surface area contributed by atoms with Crippen molar-refractivity contribution in [2.24, 2.45) is 0 Å². The molecule has 0 N–H and O–H groups in total. The molecule has 0 fully saturated rings. The number of aromatic nitrogens is 4. The molecule has 0 unspecified atom stereocenters. The highest BCUT2D eigenvalue weighted by atomic mass is 15.4. The molecule has 0 bridgehead atoms. The van der Waals surface area contributed by atoms with E-state index in [9.17, 15) is 0 Å². The first-order chi connectivity index (χ1) is 11.4. The van der Waals surface area contributed by atoms with Gasteiger partial charge in [-0.25, -0.2) is 9.36 Å². The highest BCUT2D eigenvalue weighted by Gasteiger charge is 2.12. The lowest BCUT2D eigenvalue weighted by Gasteiger charge is -2.06. The average Bonchev–Trinajstić information content (AvgIpc) is 3.26. The summed E-state index contributed by atoms with van der Waals surface area (Å²) in [5.74, 6) is 0.937. The Bertz CT molecular complexity index is 878. The van der Waals surface area contributed by atoms with Gasteiger partial charge in [-0.05, 0) is 23.8 Å². The van der Waals surface area contributed by atoms with Crippen LogP contribution in [0.25, 0.3) is 11.5 Å². The van der Waals surface area contributed by atoms with Gasteiger partial charge in [0, 0.05) is 24.9 Å².